The first-order valence-corrected chi connectivity index (χ1v) is 9.03. The lowest BCUT2D eigenvalue weighted by Gasteiger charge is -2.21. The number of hydrazine groups is 1. The second-order valence-electron chi connectivity index (χ2n) is 6.73. The summed E-state index contributed by atoms with van der Waals surface area (Å²) in [6, 6.07) is 8.67. The van der Waals surface area contributed by atoms with Gasteiger partial charge < -0.3 is 9.84 Å². The van der Waals surface area contributed by atoms with Gasteiger partial charge in [-0.3, -0.25) is 10.4 Å². The fourth-order valence-corrected chi connectivity index (χ4v) is 3.24. The number of rotatable bonds is 6. The Morgan fingerprint density at radius 2 is 2.18 bits per heavy atom. The third kappa shape index (κ3) is 3.91. The fourth-order valence-electron chi connectivity index (χ4n) is 3.24. The quantitative estimate of drug-likeness (QED) is 0.600. The first-order chi connectivity index (χ1) is 13.6. The van der Waals surface area contributed by atoms with Gasteiger partial charge in [0.1, 0.15) is 17.3 Å². The molecule has 28 heavy (non-hydrogen) atoms. The molecule has 0 amide bonds. The highest BCUT2D eigenvalue weighted by molar-refractivity contribution is 5.47. The Bertz CT molecular complexity index is 935. The summed E-state index contributed by atoms with van der Waals surface area (Å²) in [7, 11) is 0. The highest BCUT2D eigenvalue weighted by Gasteiger charge is 2.31. The molecule has 4 rings (SSSR count). The smallest absolute Gasteiger partial charge is 0.243 e. The molecule has 0 spiro atoms. The molecule has 0 saturated carbocycles. The minimum absolute atomic E-state index is 0.0561. The Kier molecular flexibility index (Phi) is 5.38. The van der Waals surface area contributed by atoms with Crippen LogP contribution in [0.25, 0.3) is 11.5 Å². The van der Waals surface area contributed by atoms with Crippen molar-refractivity contribution in [2.75, 3.05) is 13.1 Å². The standard InChI is InChI=1S/C19H20F2N6O/c1-11(19-25-18(27-28-19)16-4-2-3-7-22-16)23-9-12-10-24-26-17(12)14-6-5-13(20)8-15(14)21/h2-8,11-12,17,23-24,26H,9-10H2,1H3. The third-order valence-corrected chi connectivity index (χ3v) is 4.78. The second kappa shape index (κ2) is 8.09. The minimum atomic E-state index is -0.587. The van der Waals surface area contributed by atoms with Gasteiger partial charge in [-0.25, -0.2) is 14.2 Å². The zero-order valence-corrected chi connectivity index (χ0v) is 15.2. The van der Waals surface area contributed by atoms with Gasteiger partial charge >= 0.3 is 0 Å². The molecule has 3 atom stereocenters. The number of halogens is 2. The topological polar surface area (TPSA) is 87.9 Å². The first-order valence-electron chi connectivity index (χ1n) is 9.03. The molecule has 3 unspecified atom stereocenters. The van der Waals surface area contributed by atoms with Crippen LogP contribution < -0.4 is 16.2 Å². The van der Waals surface area contributed by atoms with E-state index in [-0.39, 0.29) is 18.0 Å². The maximum atomic E-state index is 14.1. The van der Waals surface area contributed by atoms with Crippen molar-refractivity contribution >= 4 is 0 Å². The molecule has 3 N–H and O–H groups in total. The zero-order chi connectivity index (χ0) is 19.5. The van der Waals surface area contributed by atoms with Gasteiger partial charge in [0.05, 0.1) is 12.1 Å². The normalized spacial score (nSPS) is 20.4. The molecular formula is C19H20F2N6O. The second-order valence-corrected chi connectivity index (χ2v) is 6.73. The van der Waals surface area contributed by atoms with E-state index in [4.69, 9.17) is 4.52 Å². The number of hydrogen-bond donors (Lipinski definition) is 3. The molecule has 1 fully saturated rings. The van der Waals surface area contributed by atoms with E-state index in [9.17, 15) is 8.78 Å². The summed E-state index contributed by atoms with van der Waals surface area (Å²) in [5, 5.41) is 7.31. The Hall–Kier alpha value is -2.75. The molecule has 0 aliphatic carbocycles. The summed E-state index contributed by atoms with van der Waals surface area (Å²) in [5.74, 6) is -0.212. The van der Waals surface area contributed by atoms with Gasteiger partial charge in [-0.2, -0.15) is 4.98 Å². The predicted octanol–water partition coefficient (Wildman–Crippen LogP) is 2.53. The Morgan fingerprint density at radius 3 is 2.96 bits per heavy atom. The predicted molar refractivity (Wildman–Crippen MR) is 97.7 cm³/mol. The average Bonchev–Trinajstić information content (AvgIpc) is 3.37. The van der Waals surface area contributed by atoms with Crippen LogP contribution in [0.3, 0.4) is 0 Å². The lowest BCUT2D eigenvalue weighted by Crippen LogP contribution is -2.31. The van der Waals surface area contributed by atoms with Gasteiger partial charge in [0.25, 0.3) is 0 Å². The summed E-state index contributed by atoms with van der Waals surface area (Å²) in [5.41, 5.74) is 7.17. The van der Waals surface area contributed by atoms with Gasteiger partial charge in [0.15, 0.2) is 0 Å². The third-order valence-electron chi connectivity index (χ3n) is 4.78. The summed E-state index contributed by atoms with van der Waals surface area (Å²) < 4.78 is 32.7. The number of nitrogens with one attached hydrogen (secondary N) is 3. The van der Waals surface area contributed by atoms with Gasteiger partial charge in [0.2, 0.25) is 11.7 Å². The van der Waals surface area contributed by atoms with Crippen molar-refractivity contribution in [3.8, 4) is 11.5 Å². The van der Waals surface area contributed by atoms with Gasteiger partial charge in [-0.05, 0) is 25.1 Å². The van der Waals surface area contributed by atoms with E-state index in [0.29, 0.717) is 36.1 Å². The monoisotopic (exact) mass is 386 g/mol. The molecule has 0 radical (unpaired) electrons. The molecule has 146 valence electrons. The Balaban J connectivity index is 1.40. The minimum Gasteiger partial charge on any atom is -0.337 e. The molecule has 3 aromatic rings. The molecule has 7 nitrogen and oxygen atoms in total. The zero-order valence-electron chi connectivity index (χ0n) is 15.2. The Labute approximate surface area is 160 Å². The highest BCUT2D eigenvalue weighted by Crippen LogP contribution is 2.27. The molecule has 3 heterocycles. The number of hydrogen-bond acceptors (Lipinski definition) is 7. The highest BCUT2D eigenvalue weighted by atomic mass is 19.1. The molecule has 9 heteroatoms. The molecule has 2 aromatic heterocycles. The van der Waals surface area contributed by atoms with Crippen LogP contribution in [0.5, 0.6) is 0 Å². The van der Waals surface area contributed by atoms with Crippen LogP contribution >= 0.6 is 0 Å². The first kappa shape index (κ1) is 18.6. The van der Waals surface area contributed by atoms with Crippen LogP contribution in [0.2, 0.25) is 0 Å². The van der Waals surface area contributed by atoms with Crippen LogP contribution in [-0.2, 0) is 0 Å². The van der Waals surface area contributed by atoms with Crippen LogP contribution in [0.1, 0.15) is 30.5 Å². The fraction of sp³-hybridized carbons (Fsp3) is 0.316. The summed E-state index contributed by atoms with van der Waals surface area (Å²) >= 11 is 0. The van der Waals surface area contributed by atoms with E-state index in [1.807, 2.05) is 25.1 Å². The van der Waals surface area contributed by atoms with E-state index in [1.54, 1.807) is 6.20 Å². The van der Waals surface area contributed by atoms with Gasteiger partial charge in [0, 0.05) is 36.8 Å². The van der Waals surface area contributed by atoms with E-state index in [0.717, 1.165) is 6.07 Å². The van der Waals surface area contributed by atoms with E-state index >= 15 is 0 Å². The molecule has 1 aliphatic rings. The molecule has 1 saturated heterocycles. The lowest BCUT2D eigenvalue weighted by atomic mass is 9.94. The van der Waals surface area contributed by atoms with Crippen LogP contribution in [0.15, 0.2) is 47.1 Å². The maximum Gasteiger partial charge on any atom is 0.243 e. The Morgan fingerprint density at radius 1 is 1.29 bits per heavy atom. The van der Waals surface area contributed by atoms with Crippen molar-refractivity contribution < 1.29 is 13.3 Å². The summed E-state index contributed by atoms with van der Waals surface area (Å²) in [6.07, 6.45) is 1.67. The SMILES string of the molecule is CC(NCC1CNNC1c1ccc(F)cc1F)c1nc(-c2ccccn2)no1. The molecule has 1 aromatic carbocycles. The maximum absolute atomic E-state index is 14.1. The lowest BCUT2D eigenvalue weighted by molar-refractivity contribution is 0.324. The van der Waals surface area contributed by atoms with E-state index in [1.165, 1.54) is 12.1 Å². The van der Waals surface area contributed by atoms with Crippen molar-refractivity contribution in [2.24, 2.45) is 5.92 Å². The van der Waals surface area contributed by atoms with Gasteiger partial charge in [-0.15, -0.1) is 0 Å². The molecular weight excluding hydrogens is 366 g/mol. The van der Waals surface area contributed by atoms with Crippen molar-refractivity contribution in [2.45, 2.75) is 19.0 Å². The number of nitrogens with zero attached hydrogens (tertiary/aromatic N) is 3. The van der Waals surface area contributed by atoms with Crippen LogP contribution in [0, 0.1) is 17.6 Å². The van der Waals surface area contributed by atoms with Crippen molar-refractivity contribution in [3.63, 3.8) is 0 Å². The number of pyridine rings is 1. The van der Waals surface area contributed by atoms with Crippen molar-refractivity contribution in [3.05, 3.63) is 65.7 Å². The molecule has 0 bridgehead atoms. The summed E-state index contributed by atoms with van der Waals surface area (Å²) in [6.45, 7) is 3.13. The van der Waals surface area contributed by atoms with Crippen molar-refractivity contribution in [1.82, 2.24) is 31.3 Å². The van der Waals surface area contributed by atoms with Gasteiger partial charge in [-0.1, -0.05) is 17.3 Å². The van der Waals surface area contributed by atoms with Crippen LogP contribution in [0.4, 0.5) is 8.78 Å². The average molecular weight is 386 g/mol. The molecule has 1 aliphatic heterocycles. The van der Waals surface area contributed by atoms with E-state index in [2.05, 4.69) is 31.3 Å². The summed E-state index contributed by atoms with van der Waals surface area (Å²) in [4.78, 5) is 8.60. The largest absolute Gasteiger partial charge is 0.337 e. The van der Waals surface area contributed by atoms with E-state index < -0.39 is 11.6 Å². The number of benzene rings is 1. The van der Waals surface area contributed by atoms with Crippen LogP contribution in [-0.4, -0.2) is 28.2 Å². The van der Waals surface area contributed by atoms with Crippen molar-refractivity contribution in [1.29, 1.82) is 0 Å². The number of aromatic nitrogens is 3.